The highest BCUT2D eigenvalue weighted by atomic mass is 19.1. The quantitative estimate of drug-likeness (QED) is 0.728. The Labute approximate surface area is 121 Å². The number of carbonyl (C=O) groups is 2. The molecule has 21 heavy (non-hydrogen) atoms. The molecule has 114 valence electrons. The molecule has 0 spiro atoms. The van der Waals surface area contributed by atoms with E-state index < -0.39 is 23.4 Å². The molecule has 1 aliphatic rings. The number of nitrogens with two attached hydrogens (primary N) is 1. The van der Waals surface area contributed by atoms with E-state index in [1.54, 1.807) is 11.9 Å². The van der Waals surface area contributed by atoms with Crippen LogP contribution in [0, 0.1) is 5.82 Å². The first kappa shape index (κ1) is 15.1. The van der Waals surface area contributed by atoms with Gasteiger partial charge in [0.1, 0.15) is 11.9 Å². The Kier molecular flexibility index (Phi) is 4.30. The fraction of sp³-hybridized carbons (Fsp3) is 0.429. The highest BCUT2D eigenvalue weighted by Crippen LogP contribution is 2.32. The molecule has 2 rings (SSSR count). The van der Waals surface area contributed by atoms with Crippen LogP contribution in [0.15, 0.2) is 12.1 Å². The van der Waals surface area contributed by atoms with Crippen LogP contribution >= 0.6 is 0 Å². The summed E-state index contributed by atoms with van der Waals surface area (Å²) in [6.07, 6.45) is 2.43. The lowest BCUT2D eigenvalue weighted by Crippen LogP contribution is -2.49. The molecular formula is C14H18FN3O3. The van der Waals surface area contributed by atoms with Crippen molar-refractivity contribution in [2.24, 2.45) is 0 Å². The predicted octanol–water partition coefficient (Wildman–Crippen LogP) is 1.21. The largest absolute Gasteiger partial charge is 0.478 e. The Hall–Kier alpha value is -2.31. The molecule has 0 radical (unpaired) electrons. The molecule has 0 saturated carbocycles. The predicted molar refractivity (Wildman–Crippen MR) is 76.8 cm³/mol. The van der Waals surface area contributed by atoms with Crippen molar-refractivity contribution in [3.05, 3.63) is 23.5 Å². The van der Waals surface area contributed by atoms with E-state index in [9.17, 15) is 14.0 Å². The van der Waals surface area contributed by atoms with Crippen LogP contribution in [0.5, 0.6) is 0 Å². The number of piperidine rings is 1. The number of hydrogen-bond donors (Lipinski definition) is 3. The fourth-order valence-electron chi connectivity index (χ4n) is 2.65. The second kappa shape index (κ2) is 5.99. The van der Waals surface area contributed by atoms with E-state index in [0.29, 0.717) is 18.7 Å². The Morgan fingerprint density at radius 2 is 2.14 bits per heavy atom. The van der Waals surface area contributed by atoms with Crippen LogP contribution in [0.2, 0.25) is 0 Å². The molecule has 1 aromatic rings. The summed E-state index contributed by atoms with van der Waals surface area (Å²) < 4.78 is 13.9. The number of amides is 1. The number of nitrogen functional groups attached to an aromatic ring is 1. The van der Waals surface area contributed by atoms with Crippen LogP contribution in [0.25, 0.3) is 0 Å². The van der Waals surface area contributed by atoms with E-state index in [1.165, 1.54) is 0 Å². The Balaban J connectivity index is 2.41. The third kappa shape index (κ3) is 2.91. The molecule has 1 unspecified atom stereocenters. The number of hydrogen-bond acceptors (Lipinski definition) is 4. The topological polar surface area (TPSA) is 95.7 Å². The summed E-state index contributed by atoms with van der Waals surface area (Å²) in [7, 11) is 1.55. The van der Waals surface area contributed by atoms with Gasteiger partial charge in [-0.2, -0.15) is 0 Å². The number of aromatic carboxylic acids is 1. The Morgan fingerprint density at radius 1 is 1.43 bits per heavy atom. The summed E-state index contributed by atoms with van der Waals surface area (Å²) in [4.78, 5) is 24.6. The van der Waals surface area contributed by atoms with Crippen molar-refractivity contribution < 1.29 is 19.1 Å². The smallest absolute Gasteiger partial charge is 0.338 e. The lowest BCUT2D eigenvalue weighted by molar-refractivity contribution is -0.122. The maximum atomic E-state index is 13.9. The maximum absolute atomic E-state index is 13.9. The van der Waals surface area contributed by atoms with Gasteiger partial charge >= 0.3 is 5.97 Å². The van der Waals surface area contributed by atoms with Crippen molar-refractivity contribution in [1.29, 1.82) is 0 Å². The van der Waals surface area contributed by atoms with Crippen LogP contribution in [0.1, 0.15) is 29.6 Å². The number of anilines is 2. The lowest BCUT2D eigenvalue weighted by atomic mass is 9.99. The standard InChI is InChI=1S/C14H18FN3O3/c1-17-13(19)11-4-2-3-5-18(11)12-7-9(15)8(14(20)21)6-10(12)16/h6-7,11H,2-5,16H2,1H3,(H,17,19)(H,20,21). The number of rotatable bonds is 3. The van der Waals surface area contributed by atoms with Crippen molar-refractivity contribution in [2.45, 2.75) is 25.3 Å². The maximum Gasteiger partial charge on any atom is 0.338 e. The van der Waals surface area contributed by atoms with Gasteiger partial charge in [0.15, 0.2) is 0 Å². The average molecular weight is 295 g/mol. The Bertz CT molecular complexity index is 577. The van der Waals surface area contributed by atoms with Gasteiger partial charge in [-0.3, -0.25) is 4.79 Å². The van der Waals surface area contributed by atoms with Crippen LogP contribution in [0.3, 0.4) is 0 Å². The molecule has 1 aliphatic heterocycles. The normalized spacial score (nSPS) is 18.4. The van der Waals surface area contributed by atoms with Gasteiger partial charge in [-0.25, -0.2) is 9.18 Å². The Morgan fingerprint density at radius 3 is 2.76 bits per heavy atom. The summed E-state index contributed by atoms with van der Waals surface area (Å²) in [5, 5.41) is 11.5. The van der Waals surface area contributed by atoms with Crippen molar-refractivity contribution >= 4 is 23.3 Å². The summed E-state index contributed by atoms with van der Waals surface area (Å²) in [6, 6.07) is 1.78. The summed E-state index contributed by atoms with van der Waals surface area (Å²) in [5.74, 6) is -2.38. The van der Waals surface area contributed by atoms with E-state index in [-0.39, 0.29) is 11.6 Å². The van der Waals surface area contributed by atoms with E-state index in [1.807, 2.05) is 0 Å². The number of carboxylic acids is 1. The van der Waals surface area contributed by atoms with E-state index in [4.69, 9.17) is 10.8 Å². The van der Waals surface area contributed by atoms with Gasteiger partial charge in [0, 0.05) is 19.7 Å². The molecule has 4 N–H and O–H groups in total. The van der Waals surface area contributed by atoms with Crippen LogP contribution < -0.4 is 16.0 Å². The van der Waals surface area contributed by atoms with E-state index in [2.05, 4.69) is 5.32 Å². The van der Waals surface area contributed by atoms with Gasteiger partial charge < -0.3 is 21.1 Å². The first-order valence-corrected chi connectivity index (χ1v) is 6.76. The number of likely N-dealkylation sites (N-methyl/N-ethyl adjacent to an activating group) is 1. The average Bonchev–Trinajstić information content (AvgIpc) is 2.48. The van der Waals surface area contributed by atoms with Gasteiger partial charge in [0.05, 0.1) is 16.9 Å². The van der Waals surface area contributed by atoms with Gasteiger partial charge in [-0.05, 0) is 25.3 Å². The molecule has 1 fully saturated rings. The van der Waals surface area contributed by atoms with Crippen molar-refractivity contribution in [1.82, 2.24) is 5.32 Å². The van der Waals surface area contributed by atoms with Gasteiger partial charge in [-0.1, -0.05) is 0 Å². The molecule has 1 heterocycles. The van der Waals surface area contributed by atoms with Gasteiger partial charge in [0.2, 0.25) is 5.91 Å². The van der Waals surface area contributed by atoms with E-state index >= 15 is 0 Å². The van der Waals surface area contributed by atoms with Crippen LogP contribution in [0.4, 0.5) is 15.8 Å². The molecule has 6 nitrogen and oxygen atoms in total. The highest BCUT2D eigenvalue weighted by Gasteiger charge is 2.30. The molecule has 1 saturated heterocycles. The number of carbonyl (C=O) groups excluding carboxylic acids is 1. The molecule has 0 aromatic heterocycles. The number of halogens is 1. The number of nitrogens with zero attached hydrogens (tertiary/aromatic N) is 1. The molecule has 7 heteroatoms. The minimum atomic E-state index is -1.37. The number of benzene rings is 1. The third-order valence-corrected chi connectivity index (χ3v) is 3.71. The molecule has 0 aliphatic carbocycles. The molecule has 1 aromatic carbocycles. The third-order valence-electron chi connectivity index (χ3n) is 3.71. The summed E-state index contributed by atoms with van der Waals surface area (Å²) in [6.45, 7) is 0.578. The van der Waals surface area contributed by atoms with Crippen LogP contribution in [-0.2, 0) is 4.79 Å². The fourth-order valence-corrected chi connectivity index (χ4v) is 2.65. The number of nitrogens with one attached hydrogen (secondary N) is 1. The van der Waals surface area contributed by atoms with Crippen molar-refractivity contribution in [3.63, 3.8) is 0 Å². The first-order valence-electron chi connectivity index (χ1n) is 6.76. The number of carboxylic acid groups (broad SMARTS) is 1. The van der Waals surface area contributed by atoms with Gasteiger partial charge in [-0.15, -0.1) is 0 Å². The zero-order chi connectivity index (χ0) is 15.6. The SMILES string of the molecule is CNC(=O)C1CCCCN1c1cc(F)c(C(=O)O)cc1N. The second-order valence-corrected chi connectivity index (χ2v) is 5.02. The monoisotopic (exact) mass is 295 g/mol. The second-order valence-electron chi connectivity index (χ2n) is 5.02. The summed E-state index contributed by atoms with van der Waals surface area (Å²) >= 11 is 0. The molecular weight excluding hydrogens is 277 g/mol. The van der Waals surface area contributed by atoms with Crippen LogP contribution in [-0.4, -0.2) is 36.6 Å². The zero-order valence-corrected chi connectivity index (χ0v) is 11.7. The van der Waals surface area contributed by atoms with Crippen molar-refractivity contribution in [3.8, 4) is 0 Å². The highest BCUT2D eigenvalue weighted by molar-refractivity contribution is 5.92. The molecule has 0 bridgehead atoms. The lowest BCUT2D eigenvalue weighted by Gasteiger charge is -2.37. The zero-order valence-electron chi connectivity index (χ0n) is 11.7. The minimum absolute atomic E-state index is 0.156. The van der Waals surface area contributed by atoms with Gasteiger partial charge in [0.25, 0.3) is 0 Å². The van der Waals surface area contributed by atoms with Crippen molar-refractivity contribution in [2.75, 3.05) is 24.2 Å². The molecule has 1 amide bonds. The first-order chi connectivity index (χ1) is 9.95. The minimum Gasteiger partial charge on any atom is -0.478 e. The van der Waals surface area contributed by atoms with E-state index in [0.717, 1.165) is 25.0 Å². The molecule has 1 atom stereocenters. The summed E-state index contributed by atoms with van der Waals surface area (Å²) in [5.41, 5.74) is 5.92.